The van der Waals surface area contributed by atoms with Crippen LogP contribution in [-0.4, -0.2) is 15.0 Å². The van der Waals surface area contributed by atoms with Gasteiger partial charge in [0.05, 0.1) is 11.4 Å². The van der Waals surface area contributed by atoms with Gasteiger partial charge in [-0.15, -0.1) is 0 Å². The molecule has 2 rings (SSSR count). The van der Waals surface area contributed by atoms with Crippen molar-refractivity contribution in [2.75, 3.05) is 0 Å². The van der Waals surface area contributed by atoms with Crippen molar-refractivity contribution in [1.82, 2.24) is 15.0 Å². The average Bonchev–Trinajstić information content (AvgIpc) is 2.23. The van der Waals surface area contributed by atoms with Crippen LogP contribution in [-0.2, 0) is 0 Å². The molecule has 0 N–H and O–H groups in total. The molecule has 2 aromatic rings. The summed E-state index contributed by atoms with van der Waals surface area (Å²) < 4.78 is 0. The van der Waals surface area contributed by atoms with Crippen molar-refractivity contribution >= 4 is 11.2 Å². The fourth-order valence-electron chi connectivity index (χ4n) is 1.06. The van der Waals surface area contributed by atoms with E-state index in [9.17, 15) is 0 Å². The molecule has 0 fully saturated rings. The van der Waals surface area contributed by atoms with Gasteiger partial charge in [-0.3, -0.25) is 0 Å². The zero-order valence-electron chi connectivity index (χ0n) is 9.07. The minimum absolute atomic E-state index is 0.723. The average molecular weight is 189 g/mol. The topological polar surface area (TPSA) is 38.7 Å². The van der Waals surface area contributed by atoms with E-state index in [2.05, 4.69) is 15.0 Å². The van der Waals surface area contributed by atoms with Gasteiger partial charge < -0.3 is 0 Å². The fourth-order valence-corrected chi connectivity index (χ4v) is 1.06. The molecule has 0 radical (unpaired) electrons. The van der Waals surface area contributed by atoms with E-state index in [1.54, 1.807) is 6.20 Å². The second kappa shape index (κ2) is 4.65. The first-order chi connectivity index (χ1) is 6.77. The third kappa shape index (κ3) is 2.05. The molecule has 2 aromatic heterocycles. The standard InChI is InChI=1S/C9H9N3.C2H6/c1-6-7(2)12-9-8(11-6)4-3-5-10-9;1-2/h3-5H,1-2H3;1-2H3. The molecule has 0 spiro atoms. The highest BCUT2D eigenvalue weighted by molar-refractivity contribution is 5.69. The molecule has 0 aliphatic rings. The summed E-state index contributed by atoms with van der Waals surface area (Å²) in [5.74, 6) is 0. The summed E-state index contributed by atoms with van der Waals surface area (Å²) >= 11 is 0. The van der Waals surface area contributed by atoms with Gasteiger partial charge >= 0.3 is 0 Å². The summed E-state index contributed by atoms with van der Waals surface area (Å²) in [5, 5.41) is 0. The van der Waals surface area contributed by atoms with Gasteiger partial charge in [-0.1, -0.05) is 13.8 Å². The molecule has 74 valence electrons. The summed E-state index contributed by atoms with van der Waals surface area (Å²) in [6, 6.07) is 3.79. The zero-order valence-corrected chi connectivity index (χ0v) is 9.07. The van der Waals surface area contributed by atoms with Crippen LogP contribution >= 0.6 is 0 Å². The summed E-state index contributed by atoms with van der Waals surface area (Å²) in [4.78, 5) is 12.8. The predicted octanol–water partition coefficient (Wildman–Crippen LogP) is 2.67. The number of hydrogen-bond donors (Lipinski definition) is 0. The van der Waals surface area contributed by atoms with E-state index in [1.807, 2.05) is 39.8 Å². The maximum Gasteiger partial charge on any atom is 0.178 e. The Hall–Kier alpha value is -1.51. The van der Waals surface area contributed by atoms with Crippen LogP contribution in [0.5, 0.6) is 0 Å². The lowest BCUT2D eigenvalue weighted by Crippen LogP contribution is -1.94. The summed E-state index contributed by atoms with van der Waals surface area (Å²) in [7, 11) is 0. The van der Waals surface area contributed by atoms with Crippen LogP contribution in [0.1, 0.15) is 25.2 Å². The number of nitrogens with zero attached hydrogens (tertiary/aromatic N) is 3. The quantitative estimate of drug-likeness (QED) is 0.639. The van der Waals surface area contributed by atoms with Crippen molar-refractivity contribution in [3.8, 4) is 0 Å². The molecule has 0 aromatic carbocycles. The third-order valence-electron chi connectivity index (χ3n) is 1.85. The molecule has 14 heavy (non-hydrogen) atoms. The van der Waals surface area contributed by atoms with Crippen LogP contribution in [0.4, 0.5) is 0 Å². The van der Waals surface area contributed by atoms with Crippen molar-refractivity contribution in [2.45, 2.75) is 27.7 Å². The van der Waals surface area contributed by atoms with Crippen molar-refractivity contribution < 1.29 is 0 Å². The van der Waals surface area contributed by atoms with Gasteiger partial charge in [-0.25, -0.2) is 15.0 Å². The molecule has 0 unspecified atom stereocenters. The maximum absolute atomic E-state index is 4.35. The van der Waals surface area contributed by atoms with Gasteiger partial charge in [-0.05, 0) is 26.0 Å². The maximum atomic E-state index is 4.35. The second-order valence-electron chi connectivity index (χ2n) is 2.74. The molecule has 0 amide bonds. The van der Waals surface area contributed by atoms with Gasteiger partial charge in [0.2, 0.25) is 0 Å². The number of aryl methyl sites for hydroxylation is 2. The van der Waals surface area contributed by atoms with Crippen LogP contribution in [0.3, 0.4) is 0 Å². The van der Waals surface area contributed by atoms with E-state index < -0.39 is 0 Å². The Balaban J connectivity index is 0.000000461. The smallest absolute Gasteiger partial charge is 0.178 e. The fraction of sp³-hybridized carbons (Fsp3) is 0.364. The Kier molecular flexibility index (Phi) is 3.51. The Morgan fingerprint density at radius 1 is 1.00 bits per heavy atom. The van der Waals surface area contributed by atoms with Crippen LogP contribution in [0.15, 0.2) is 18.3 Å². The van der Waals surface area contributed by atoms with Gasteiger partial charge in [0.1, 0.15) is 5.52 Å². The van der Waals surface area contributed by atoms with Crippen molar-refractivity contribution in [1.29, 1.82) is 0 Å². The summed E-state index contributed by atoms with van der Waals surface area (Å²) in [6.45, 7) is 7.89. The van der Waals surface area contributed by atoms with Gasteiger partial charge in [0.15, 0.2) is 5.65 Å². The summed E-state index contributed by atoms with van der Waals surface area (Å²) in [5.41, 5.74) is 3.50. The van der Waals surface area contributed by atoms with E-state index >= 15 is 0 Å². The van der Waals surface area contributed by atoms with Crippen LogP contribution < -0.4 is 0 Å². The van der Waals surface area contributed by atoms with Crippen LogP contribution in [0.2, 0.25) is 0 Å². The number of hydrogen-bond acceptors (Lipinski definition) is 3. The normalized spacial score (nSPS) is 9.43. The van der Waals surface area contributed by atoms with E-state index in [-0.39, 0.29) is 0 Å². The Bertz CT molecular complexity index is 383. The largest absolute Gasteiger partial charge is 0.248 e. The molecular weight excluding hydrogens is 174 g/mol. The second-order valence-corrected chi connectivity index (χ2v) is 2.74. The molecule has 0 aliphatic carbocycles. The monoisotopic (exact) mass is 189 g/mol. The molecule has 0 aliphatic heterocycles. The Morgan fingerprint density at radius 3 is 2.36 bits per heavy atom. The van der Waals surface area contributed by atoms with E-state index in [4.69, 9.17) is 0 Å². The molecule has 0 atom stereocenters. The highest BCUT2D eigenvalue weighted by Gasteiger charge is 1.99. The molecular formula is C11H15N3. The number of pyridine rings is 1. The Labute approximate surface area is 84.2 Å². The first kappa shape index (κ1) is 10.6. The SMILES string of the molecule is CC.Cc1nc2cccnc2nc1C. The lowest BCUT2D eigenvalue weighted by Gasteiger charge is -1.99. The molecule has 0 bridgehead atoms. The molecule has 3 nitrogen and oxygen atoms in total. The van der Waals surface area contributed by atoms with E-state index in [0.717, 1.165) is 22.6 Å². The van der Waals surface area contributed by atoms with Gasteiger partial charge in [0, 0.05) is 6.20 Å². The van der Waals surface area contributed by atoms with Crippen molar-refractivity contribution in [2.24, 2.45) is 0 Å². The van der Waals surface area contributed by atoms with Crippen LogP contribution in [0.25, 0.3) is 11.2 Å². The van der Waals surface area contributed by atoms with Crippen LogP contribution in [0, 0.1) is 13.8 Å². The molecule has 0 saturated heterocycles. The van der Waals surface area contributed by atoms with Gasteiger partial charge in [-0.2, -0.15) is 0 Å². The zero-order chi connectivity index (χ0) is 10.6. The minimum atomic E-state index is 0.723. The Morgan fingerprint density at radius 2 is 1.64 bits per heavy atom. The number of fused-ring (bicyclic) bond motifs is 1. The third-order valence-corrected chi connectivity index (χ3v) is 1.85. The summed E-state index contributed by atoms with van der Waals surface area (Å²) in [6.07, 6.45) is 1.73. The molecule has 2 heterocycles. The van der Waals surface area contributed by atoms with E-state index in [1.165, 1.54) is 0 Å². The van der Waals surface area contributed by atoms with Gasteiger partial charge in [0.25, 0.3) is 0 Å². The molecule has 0 saturated carbocycles. The first-order valence-corrected chi connectivity index (χ1v) is 4.83. The first-order valence-electron chi connectivity index (χ1n) is 4.83. The number of rotatable bonds is 0. The van der Waals surface area contributed by atoms with Crippen molar-refractivity contribution in [3.63, 3.8) is 0 Å². The molecule has 3 heteroatoms. The number of aromatic nitrogens is 3. The lowest BCUT2D eigenvalue weighted by molar-refractivity contribution is 1.08. The minimum Gasteiger partial charge on any atom is -0.248 e. The lowest BCUT2D eigenvalue weighted by atomic mass is 10.3. The van der Waals surface area contributed by atoms with Crippen molar-refractivity contribution in [3.05, 3.63) is 29.7 Å². The van der Waals surface area contributed by atoms with E-state index in [0.29, 0.717) is 0 Å². The highest BCUT2D eigenvalue weighted by Crippen LogP contribution is 2.08. The highest BCUT2D eigenvalue weighted by atomic mass is 14.9. The predicted molar refractivity (Wildman–Crippen MR) is 58.2 cm³/mol.